The van der Waals surface area contributed by atoms with Crippen molar-refractivity contribution in [3.63, 3.8) is 0 Å². The van der Waals surface area contributed by atoms with E-state index in [0.29, 0.717) is 28.6 Å². The standard InChI is InChI=1S/C17H18ClNO2S/c1-12-3-8-16(21-2)15(11-12)19-17(20)9-10-22-14-6-4-13(18)5-7-14/h3-8,11H,9-10H2,1-2H3,(H,19,20). The molecule has 0 atom stereocenters. The highest BCUT2D eigenvalue weighted by Crippen LogP contribution is 2.26. The molecule has 0 aliphatic heterocycles. The van der Waals surface area contributed by atoms with Crippen molar-refractivity contribution in [1.82, 2.24) is 0 Å². The maximum Gasteiger partial charge on any atom is 0.225 e. The van der Waals surface area contributed by atoms with E-state index in [4.69, 9.17) is 16.3 Å². The molecule has 0 saturated carbocycles. The number of carbonyl (C=O) groups excluding carboxylic acids is 1. The first-order valence-corrected chi connectivity index (χ1v) is 8.27. The zero-order chi connectivity index (χ0) is 15.9. The number of halogens is 1. The molecule has 3 nitrogen and oxygen atoms in total. The van der Waals surface area contributed by atoms with Crippen LogP contribution in [-0.2, 0) is 4.79 Å². The summed E-state index contributed by atoms with van der Waals surface area (Å²) >= 11 is 7.47. The van der Waals surface area contributed by atoms with Gasteiger partial charge in [0.25, 0.3) is 0 Å². The Labute approximate surface area is 140 Å². The molecule has 1 amide bonds. The quantitative estimate of drug-likeness (QED) is 0.772. The second-order valence-corrected chi connectivity index (χ2v) is 6.41. The molecule has 5 heteroatoms. The van der Waals surface area contributed by atoms with Gasteiger partial charge >= 0.3 is 0 Å². The number of ether oxygens (including phenoxy) is 1. The minimum absolute atomic E-state index is 0.0228. The Balaban J connectivity index is 1.85. The number of anilines is 1. The number of methoxy groups -OCH3 is 1. The van der Waals surface area contributed by atoms with Gasteiger partial charge in [-0.25, -0.2) is 0 Å². The molecule has 116 valence electrons. The number of amides is 1. The first-order chi connectivity index (χ1) is 10.6. The summed E-state index contributed by atoms with van der Waals surface area (Å²) in [5, 5.41) is 3.62. The Hall–Kier alpha value is -1.65. The molecule has 0 aromatic heterocycles. The Morgan fingerprint density at radius 1 is 1.23 bits per heavy atom. The third-order valence-corrected chi connectivity index (χ3v) is 4.31. The largest absolute Gasteiger partial charge is 0.495 e. The van der Waals surface area contributed by atoms with E-state index in [1.807, 2.05) is 49.4 Å². The normalized spacial score (nSPS) is 10.3. The van der Waals surface area contributed by atoms with E-state index in [1.165, 1.54) is 0 Å². The molecule has 1 N–H and O–H groups in total. The van der Waals surface area contributed by atoms with E-state index in [0.717, 1.165) is 10.5 Å². The van der Waals surface area contributed by atoms with Gasteiger partial charge in [0, 0.05) is 22.1 Å². The third kappa shape index (κ3) is 4.97. The maximum atomic E-state index is 12.0. The number of nitrogens with one attached hydrogen (secondary N) is 1. The van der Waals surface area contributed by atoms with E-state index in [9.17, 15) is 4.79 Å². The van der Waals surface area contributed by atoms with Crippen LogP contribution in [0.5, 0.6) is 5.75 Å². The molecule has 0 aliphatic rings. The van der Waals surface area contributed by atoms with Crippen molar-refractivity contribution in [2.75, 3.05) is 18.2 Å². The van der Waals surface area contributed by atoms with Crippen molar-refractivity contribution in [1.29, 1.82) is 0 Å². The van der Waals surface area contributed by atoms with Gasteiger partial charge in [-0.3, -0.25) is 4.79 Å². The molecule has 0 unspecified atom stereocenters. The molecule has 2 aromatic carbocycles. The second kappa shape index (κ2) is 8.11. The number of benzene rings is 2. The van der Waals surface area contributed by atoms with Crippen molar-refractivity contribution >= 4 is 35.0 Å². The van der Waals surface area contributed by atoms with Gasteiger partial charge in [-0.05, 0) is 48.9 Å². The van der Waals surface area contributed by atoms with E-state index < -0.39 is 0 Å². The van der Waals surface area contributed by atoms with Gasteiger partial charge in [-0.2, -0.15) is 0 Å². The number of aryl methyl sites for hydroxylation is 1. The lowest BCUT2D eigenvalue weighted by molar-refractivity contribution is -0.115. The van der Waals surface area contributed by atoms with Gasteiger partial charge in [0.05, 0.1) is 12.8 Å². The fraction of sp³-hybridized carbons (Fsp3) is 0.235. The lowest BCUT2D eigenvalue weighted by Gasteiger charge is -2.11. The van der Waals surface area contributed by atoms with Crippen molar-refractivity contribution < 1.29 is 9.53 Å². The van der Waals surface area contributed by atoms with Crippen LogP contribution < -0.4 is 10.1 Å². The zero-order valence-corrected chi connectivity index (χ0v) is 14.1. The van der Waals surface area contributed by atoms with Crippen molar-refractivity contribution in [2.24, 2.45) is 0 Å². The fourth-order valence-electron chi connectivity index (χ4n) is 1.92. The van der Waals surface area contributed by atoms with E-state index >= 15 is 0 Å². The first-order valence-electron chi connectivity index (χ1n) is 6.91. The molecular weight excluding hydrogens is 318 g/mol. The predicted octanol–water partition coefficient (Wildman–Crippen LogP) is 4.78. The molecule has 0 aliphatic carbocycles. The van der Waals surface area contributed by atoms with Gasteiger partial charge in [-0.1, -0.05) is 17.7 Å². The third-order valence-electron chi connectivity index (χ3n) is 3.04. The number of hydrogen-bond donors (Lipinski definition) is 1. The molecule has 2 aromatic rings. The van der Waals surface area contributed by atoms with Crippen LogP contribution in [0.4, 0.5) is 5.69 Å². The summed E-state index contributed by atoms with van der Waals surface area (Å²) in [7, 11) is 1.59. The number of thioether (sulfide) groups is 1. The predicted molar refractivity (Wildman–Crippen MR) is 93.2 cm³/mol. The van der Waals surface area contributed by atoms with Crippen LogP contribution in [0.1, 0.15) is 12.0 Å². The summed E-state index contributed by atoms with van der Waals surface area (Å²) in [6.07, 6.45) is 0.435. The van der Waals surface area contributed by atoms with Crippen molar-refractivity contribution in [2.45, 2.75) is 18.2 Å². The van der Waals surface area contributed by atoms with Crippen LogP contribution in [0, 0.1) is 6.92 Å². The molecule has 2 rings (SSSR count). The molecule has 0 bridgehead atoms. The van der Waals surface area contributed by atoms with Crippen LogP contribution in [0.25, 0.3) is 0 Å². The number of hydrogen-bond acceptors (Lipinski definition) is 3. The lowest BCUT2D eigenvalue weighted by Crippen LogP contribution is -2.13. The van der Waals surface area contributed by atoms with Gasteiger partial charge in [0.2, 0.25) is 5.91 Å². The maximum absolute atomic E-state index is 12.0. The van der Waals surface area contributed by atoms with Crippen LogP contribution in [-0.4, -0.2) is 18.8 Å². The van der Waals surface area contributed by atoms with Crippen LogP contribution in [0.2, 0.25) is 5.02 Å². The fourth-order valence-corrected chi connectivity index (χ4v) is 2.90. The van der Waals surface area contributed by atoms with E-state index in [-0.39, 0.29) is 5.91 Å². The van der Waals surface area contributed by atoms with Crippen molar-refractivity contribution in [3.8, 4) is 5.75 Å². The molecule has 0 spiro atoms. The van der Waals surface area contributed by atoms with Gasteiger partial charge in [0.15, 0.2) is 0 Å². The Morgan fingerprint density at radius 2 is 1.95 bits per heavy atom. The summed E-state index contributed by atoms with van der Waals surface area (Å²) in [6.45, 7) is 1.98. The summed E-state index contributed by atoms with van der Waals surface area (Å²) in [4.78, 5) is 13.1. The minimum Gasteiger partial charge on any atom is -0.495 e. The highest BCUT2D eigenvalue weighted by atomic mass is 35.5. The van der Waals surface area contributed by atoms with Crippen LogP contribution >= 0.6 is 23.4 Å². The Kier molecular flexibility index (Phi) is 6.16. The molecular formula is C17H18ClNO2S. The van der Waals surface area contributed by atoms with Gasteiger partial charge in [0.1, 0.15) is 5.75 Å². The number of carbonyl (C=O) groups is 1. The lowest BCUT2D eigenvalue weighted by atomic mass is 10.2. The van der Waals surface area contributed by atoms with Gasteiger partial charge in [-0.15, -0.1) is 11.8 Å². The minimum atomic E-state index is -0.0228. The highest BCUT2D eigenvalue weighted by Gasteiger charge is 2.08. The molecule has 0 radical (unpaired) electrons. The summed E-state index contributed by atoms with van der Waals surface area (Å²) in [5.41, 5.74) is 1.79. The molecule has 0 fully saturated rings. The molecule has 0 saturated heterocycles. The highest BCUT2D eigenvalue weighted by molar-refractivity contribution is 7.99. The Morgan fingerprint density at radius 3 is 2.64 bits per heavy atom. The van der Waals surface area contributed by atoms with Crippen LogP contribution in [0.15, 0.2) is 47.4 Å². The van der Waals surface area contributed by atoms with E-state index in [2.05, 4.69) is 5.32 Å². The van der Waals surface area contributed by atoms with E-state index in [1.54, 1.807) is 18.9 Å². The SMILES string of the molecule is COc1ccc(C)cc1NC(=O)CCSc1ccc(Cl)cc1. The number of rotatable bonds is 6. The topological polar surface area (TPSA) is 38.3 Å². The Bertz CT molecular complexity index is 644. The van der Waals surface area contributed by atoms with Gasteiger partial charge < -0.3 is 10.1 Å². The summed E-state index contributed by atoms with van der Waals surface area (Å²) < 4.78 is 5.25. The summed E-state index contributed by atoms with van der Waals surface area (Å²) in [5.74, 6) is 1.36. The average Bonchev–Trinajstić information content (AvgIpc) is 2.49. The monoisotopic (exact) mass is 335 g/mol. The van der Waals surface area contributed by atoms with Crippen LogP contribution in [0.3, 0.4) is 0 Å². The zero-order valence-electron chi connectivity index (χ0n) is 12.6. The summed E-state index contributed by atoms with van der Waals surface area (Å²) in [6, 6.07) is 13.3. The first kappa shape index (κ1) is 16.7. The van der Waals surface area contributed by atoms with Crippen molar-refractivity contribution in [3.05, 3.63) is 53.1 Å². The average molecular weight is 336 g/mol. The molecule has 22 heavy (non-hydrogen) atoms. The molecule has 0 heterocycles. The second-order valence-electron chi connectivity index (χ2n) is 4.80. The smallest absolute Gasteiger partial charge is 0.225 e.